The molecule has 0 saturated carbocycles. The van der Waals surface area contributed by atoms with Gasteiger partial charge in [-0.25, -0.2) is 4.79 Å². The topological polar surface area (TPSA) is 57.9 Å². The number of carboxylic acid groups (broad SMARTS) is 1. The van der Waals surface area contributed by atoms with Crippen LogP contribution in [0.1, 0.15) is 31.9 Å². The number of hydrogen-bond donors (Lipinski definition) is 1. The molecule has 1 aliphatic rings. The van der Waals surface area contributed by atoms with E-state index < -0.39 is 6.09 Å². The van der Waals surface area contributed by atoms with Gasteiger partial charge >= 0.3 is 6.09 Å². The standard InChI is InChI=1S/C27H33N3O3/c1-27(2,3)25-19-28(16-17-30(25)26(31)32)18-21-6-8-22(9-7-21)20-33-24-12-10-23(11-13-24)29-14-4-5-15-29/h4-15,25H,16-20H2,1-3H3,(H,31,32). The highest BCUT2D eigenvalue weighted by molar-refractivity contribution is 5.65. The predicted octanol–water partition coefficient (Wildman–Crippen LogP) is 5.27. The van der Waals surface area contributed by atoms with Gasteiger partial charge in [-0.1, -0.05) is 45.0 Å². The number of ether oxygens (including phenoxy) is 1. The molecule has 1 fully saturated rings. The first-order valence-electron chi connectivity index (χ1n) is 11.5. The summed E-state index contributed by atoms with van der Waals surface area (Å²) >= 11 is 0. The average Bonchev–Trinajstić information content (AvgIpc) is 3.33. The van der Waals surface area contributed by atoms with Gasteiger partial charge in [-0.15, -0.1) is 0 Å². The first kappa shape index (κ1) is 22.9. The Morgan fingerprint density at radius 2 is 1.61 bits per heavy atom. The van der Waals surface area contributed by atoms with Crippen LogP contribution >= 0.6 is 0 Å². The number of rotatable bonds is 6. The number of carbonyl (C=O) groups is 1. The van der Waals surface area contributed by atoms with Crippen LogP contribution in [-0.4, -0.2) is 51.2 Å². The summed E-state index contributed by atoms with van der Waals surface area (Å²) in [6, 6.07) is 20.6. The molecular weight excluding hydrogens is 414 g/mol. The van der Waals surface area contributed by atoms with Crippen molar-refractivity contribution in [2.24, 2.45) is 5.41 Å². The maximum Gasteiger partial charge on any atom is 0.407 e. The molecule has 3 aromatic rings. The van der Waals surface area contributed by atoms with E-state index in [1.807, 2.05) is 48.8 Å². The fourth-order valence-electron chi connectivity index (χ4n) is 4.34. The minimum absolute atomic E-state index is 0.0136. The third-order valence-corrected chi connectivity index (χ3v) is 6.28. The van der Waals surface area contributed by atoms with Crippen LogP contribution in [0.3, 0.4) is 0 Å². The van der Waals surface area contributed by atoms with E-state index in [2.05, 4.69) is 54.5 Å². The highest BCUT2D eigenvalue weighted by atomic mass is 16.5. The lowest BCUT2D eigenvalue weighted by molar-refractivity contribution is 0.0190. The van der Waals surface area contributed by atoms with E-state index in [0.29, 0.717) is 13.2 Å². The Hall–Kier alpha value is -3.25. The molecule has 33 heavy (non-hydrogen) atoms. The summed E-state index contributed by atoms with van der Waals surface area (Å²) in [6.45, 7) is 9.73. The van der Waals surface area contributed by atoms with Gasteiger partial charge in [0.2, 0.25) is 0 Å². The molecule has 4 rings (SSSR count). The highest BCUT2D eigenvalue weighted by Crippen LogP contribution is 2.28. The summed E-state index contributed by atoms with van der Waals surface area (Å²) in [7, 11) is 0. The smallest absolute Gasteiger partial charge is 0.407 e. The van der Waals surface area contributed by atoms with E-state index in [0.717, 1.165) is 36.6 Å². The minimum Gasteiger partial charge on any atom is -0.489 e. The summed E-state index contributed by atoms with van der Waals surface area (Å²) in [5, 5.41) is 9.56. The Morgan fingerprint density at radius 1 is 0.970 bits per heavy atom. The molecule has 1 atom stereocenters. The van der Waals surface area contributed by atoms with E-state index >= 15 is 0 Å². The summed E-state index contributed by atoms with van der Waals surface area (Å²) in [4.78, 5) is 15.6. The summed E-state index contributed by atoms with van der Waals surface area (Å²) in [5.41, 5.74) is 3.36. The molecule has 0 bridgehead atoms. The van der Waals surface area contributed by atoms with E-state index in [-0.39, 0.29) is 11.5 Å². The van der Waals surface area contributed by atoms with E-state index in [4.69, 9.17) is 4.74 Å². The second-order valence-electron chi connectivity index (χ2n) is 9.78. The van der Waals surface area contributed by atoms with Crippen molar-refractivity contribution in [3.05, 3.63) is 84.2 Å². The van der Waals surface area contributed by atoms with Crippen LogP contribution in [-0.2, 0) is 13.2 Å². The molecule has 2 aromatic carbocycles. The van der Waals surface area contributed by atoms with Crippen molar-refractivity contribution in [3.8, 4) is 11.4 Å². The number of amides is 1. The normalized spacial score (nSPS) is 17.2. The predicted molar refractivity (Wildman–Crippen MR) is 130 cm³/mol. The fraction of sp³-hybridized carbons (Fsp3) is 0.370. The van der Waals surface area contributed by atoms with Crippen LogP contribution in [0, 0.1) is 5.41 Å². The van der Waals surface area contributed by atoms with Crippen molar-refractivity contribution in [1.29, 1.82) is 0 Å². The van der Waals surface area contributed by atoms with Gasteiger partial charge in [0.15, 0.2) is 0 Å². The Morgan fingerprint density at radius 3 is 2.21 bits per heavy atom. The van der Waals surface area contributed by atoms with E-state index in [9.17, 15) is 9.90 Å². The van der Waals surface area contributed by atoms with Crippen molar-refractivity contribution in [3.63, 3.8) is 0 Å². The zero-order valence-corrected chi connectivity index (χ0v) is 19.6. The monoisotopic (exact) mass is 447 g/mol. The minimum atomic E-state index is -0.821. The number of aromatic nitrogens is 1. The second kappa shape index (κ2) is 9.71. The van der Waals surface area contributed by atoms with Crippen LogP contribution in [0.4, 0.5) is 4.79 Å². The number of nitrogens with zero attached hydrogens (tertiary/aromatic N) is 3. The lowest BCUT2D eigenvalue weighted by Crippen LogP contribution is -2.59. The second-order valence-corrected chi connectivity index (χ2v) is 9.78. The Labute approximate surface area is 196 Å². The molecule has 2 heterocycles. The maximum absolute atomic E-state index is 11.6. The molecule has 1 amide bonds. The molecule has 1 aromatic heterocycles. The van der Waals surface area contributed by atoms with Crippen LogP contribution in [0.2, 0.25) is 0 Å². The van der Waals surface area contributed by atoms with Crippen molar-refractivity contribution < 1.29 is 14.6 Å². The van der Waals surface area contributed by atoms with Gasteiger partial charge in [0, 0.05) is 44.3 Å². The third-order valence-electron chi connectivity index (χ3n) is 6.28. The lowest BCUT2D eigenvalue weighted by atomic mass is 9.84. The molecule has 0 spiro atoms. The SMILES string of the molecule is CC(C)(C)C1CN(Cc2ccc(COc3ccc(-n4cccc4)cc3)cc2)CCN1C(=O)O. The molecule has 1 N–H and O–H groups in total. The molecule has 0 aliphatic carbocycles. The quantitative estimate of drug-likeness (QED) is 0.560. The first-order valence-corrected chi connectivity index (χ1v) is 11.5. The van der Waals surface area contributed by atoms with Crippen LogP contribution in [0.15, 0.2) is 73.1 Å². The molecule has 174 valence electrons. The summed E-state index contributed by atoms with van der Waals surface area (Å²) in [6.07, 6.45) is 3.22. The molecule has 1 aliphatic heterocycles. The number of piperazine rings is 1. The number of hydrogen-bond acceptors (Lipinski definition) is 3. The third kappa shape index (κ3) is 5.76. The van der Waals surface area contributed by atoms with Crippen molar-refractivity contribution in [2.45, 2.75) is 40.0 Å². The van der Waals surface area contributed by atoms with Crippen LogP contribution in [0.25, 0.3) is 5.69 Å². The Bertz CT molecular complexity index is 1040. The van der Waals surface area contributed by atoms with E-state index in [1.54, 1.807) is 4.90 Å². The largest absolute Gasteiger partial charge is 0.489 e. The van der Waals surface area contributed by atoms with Crippen molar-refractivity contribution in [2.75, 3.05) is 19.6 Å². The average molecular weight is 448 g/mol. The van der Waals surface area contributed by atoms with Gasteiger partial charge in [0.1, 0.15) is 12.4 Å². The van der Waals surface area contributed by atoms with Gasteiger partial charge in [-0.05, 0) is 52.9 Å². The fourth-order valence-corrected chi connectivity index (χ4v) is 4.34. The zero-order valence-electron chi connectivity index (χ0n) is 19.6. The van der Waals surface area contributed by atoms with Gasteiger partial charge in [0.05, 0.1) is 6.04 Å². The number of benzene rings is 2. The first-order chi connectivity index (χ1) is 15.8. The van der Waals surface area contributed by atoms with Gasteiger partial charge in [0.25, 0.3) is 0 Å². The molecule has 6 heteroatoms. The maximum atomic E-state index is 11.6. The molecular formula is C27H33N3O3. The molecule has 1 saturated heterocycles. The molecule has 0 radical (unpaired) electrons. The molecule has 6 nitrogen and oxygen atoms in total. The van der Waals surface area contributed by atoms with Crippen LogP contribution < -0.4 is 4.74 Å². The lowest BCUT2D eigenvalue weighted by Gasteiger charge is -2.46. The van der Waals surface area contributed by atoms with Gasteiger partial charge in [-0.3, -0.25) is 4.90 Å². The summed E-state index contributed by atoms with van der Waals surface area (Å²) in [5.74, 6) is 0.847. The van der Waals surface area contributed by atoms with Gasteiger partial charge < -0.3 is 19.3 Å². The Balaban J connectivity index is 1.31. The molecule has 1 unspecified atom stereocenters. The zero-order chi connectivity index (χ0) is 23.4. The summed E-state index contributed by atoms with van der Waals surface area (Å²) < 4.78 is 8.02. The van der Waals surface area contributed by atoms with E-state index in [1.165, 1.54) is 5.56 Å². The van der Waals surface area contributed by atoms with Crippen molar-refractivity contribution in [1.82, 2.24) is 14.4 Å². The van der Waals surface area contributed by atoms with Crippen LogP contribution in [0.5, 0.6) is 5.75 Å². The highest BCUT2D eigenvalue weighted by Gasteiger charge is 2.37. The van der Waals surface area contributed by atoms with Gasteiger partial charge in [-0.2, -0.15) is 0 Å². The Kier molecular flexibility index (Phi) is 6.75. The van der Waals surface area contributed by atoms with Crippen molar-refractivity contribution >= 4 is 6.09 Å².